The van der Waals surface area contributed by atoms with Gasteiger partial charge in [-0.05, 0) is 67.4 Å². The Bertz CT molecular complexity index is 1340. The lowest BCUT2D eigenvalue weighted by molar-refractivity contribution is 0.0929. The number of amides is 1. The van der Waals surface area contributed by atoms with Crippen molar-refractivity contribution in [1.82, 2.24) is 10.3 Å². The van der Waals surface area contributed by atoms with E-state index in [2.05, 4.69) is 23.0 Å². The minimum Gasteiger partial charge on any atom is -0.359 e. The summed E-state index contributed by atoms with van der Waals surface area (Å²) in [7, 11) is -1.78. The van der Waals surface area contributed by atoms with Crippen LogP contribution in [-0.4, -0.2) is 57.8 Å². The van der Waals surface area contributed by atoms with Crippen LogP contribution in [0.15, 0.2) is 53.3 Å². The number of carbonyl (C=O) groups is 1. The molecule has 2 aliphatic carbocycles. The fraction of sp³-hybridized carbons (Fsp3) is 0.567. The molecule has 1 amide bonds. The smallest absolute Gasteiger partial charge is 0.251 e. The van der Waals surface area contributed by atoms with E-state index in [-0.39, 0.29) is 24.3 Å². The molecule has 3 unspecified atom stereocenters. The van der Waals surface area contributed by atoms with Crippen molar-refractivity contribution in [2.75, 3.05) is 35.6 Å². The number of nitrogens with two attached hydrogens (primary N) is 1. The molecule has 3 rings (SSSR count). The Morgan fingerprint density at radius 1 is 1.22 bits per heavy atom. The van der Waals surface area contributed by atoms with Gasteiger partial charge in [-0.25, -0.2) is 17.8 Å². The van der Waals surface area contributed by atoms with E-state index in [1.807, 2.05) is 25.8 Å². The molecule has 0 radical (unpaired) electrons. The number of nitrogens with zero attached hydrogens (tertiary/aromatic N) is 3. The highest BCUT2D eigenvalue weighted by molar-refractivity contribution is 7.92. The first-order chi connectivity index (χ1) is 19.3. The first kappa shape index (κ1) is 32.5. The summed E-state index contributed by atoms with van der Waals surface area (Å²) in [6, 6.07) is 1.99. The Morgan fingerprint density at radius 2 is 1.90 bits per heavy atom. The number of aromatic nitrogens is 1. The van der Waals surface area contributed by atoms with Gasteiger partial charge in [0.05, 0.1) is 6.26 Å². The quantitative estimate of drug-likeness (QED) is 0.273. The summed E-state index contributed by atoms with van der Waals surface area (Å²) in [6.45, 7) is 7.02. The summed E-state index contributed by atoms with van der Waals surface area (Å²) in [5.74, 6) is -0.0807. The van der Waals surface area contributed by atoms with Gasteiger partial charge in [0.25, 0.3) is 5.91 Å². The van der Waals surface area contributed by atoms with E-state index in [0.29, 0.717) is 36.1 Å². The summed E-state index contributed by atoms with van der Waals surface area (Å²) in [5.41, 5.74) is 9.28. The summed E-state index contributed by atoms with van der Waals surface area (Å²) in [4.78, 5) is 20.3. The average Bonchev–Trinajstić information content (AvgIpc) is 3.63. The zero-order valence-electron chi connectivity index (χ0n) is 24.7. The highest BCUT2D eigenvalue weighted by atomic mass is 32.2. The fourth-order valence-electron chi connectivity index (χ4n) is 4.88. The average molecular weight is 592 g/mol. The molecule has 2 aliphatic rings. The molecule has 0 spiro atoms. The Kier molecular flexibility index (Phi) is 11.3. The minimum atomic E-state index is -3.66. The maximum absolute atomic E-state index is 14.1. The van der Waals surface area contributed by atoms with Crippen molar-refractivity contribution in [2.24, 2.45) is 17.6 Å². The van der Waals surface area contributed by atoms with Gasteiger partial charge in [-0.15, -0.1) is 0 Å². The molecule has 11 heteroatoms. The van der Waals surface area contributed by atoms with Crippen LogP contribution in [-0.2, 0) is 10.0 Å². The van der Waals surface area contributed by atoms with Crippen LogP contribution in [0, 0.1) is 11.8 Å². The predicted molar refractivity (Wildman–Crippen MR) is 161 cm³/mol. The zero-order chi connectivity index (χ0) is 30.3. The molecule has 0 bridgehead atoms. The molecule has 0 saturated heterocycles. The fourth-order valence-corrected chi connectivity index (χ4v) is 5.83. The van der Waals surface area contributed by atoms with Crippen LogP contribution in [0.3, 0.4) is 0 Å². The lowest BCUT2D eigenvalue weighted by atomic mass is 9.95. The third kappa shape index (κ3) is 9.51. The number of carbonyl (C=O) groups excluding carboxylic acids is 1. The van der Waals surface area contributed by atoms with Gasteiger partial charge in [0.2, 0.25) is 10.0 Å². The van der Waals surface area contributed by atoms with Crippen LogP contribution in [0.25, 0.3) is 0 Å². The van der Waals surface area contributed by atoms with Gasteiger partial charge >= 0.3 is 0 Å². The molecule has 1 aromatic rings. The van der Waals surface area contributed by atoms with E-state index in [1.165, 1.54) is 22.5 Å². The van der Waals surface area contributed by atoms with Gasteiger partial charge in [0, 0.05) is 43.9 Å². The van der Waals surface area contributed by atoms with Crippen LogP contribution in [0.2, 0.25) is 0 Å². The Labute approximate surface area is 243 Å². The van der Waals surface area contributed by atoms with Gasteiger partial charge in [-0.1, -0.05) is 39.3 Å². The van der Waals surface area contributed by atoms with Crippen LogP contribution >= 0.6 is 0 Å². The molecule has 226 valence electrons. The molecule has 1 aromatic heterocycles. The second-order valence-corrected chi connectivity index (χ2v) is 13.1. The molecule has 0 aliphatic heterocycles. The maximum atomic E-state index is 14.1. The standard InChI is InChI=1S/C30H43F2N5O3S/c1-6-8-9-26(33)27(16-21-14-24(31)10-11-25(32)15-21)34-30(38)22-17-28(36(4)19-23-13-20(23)3)35-29(18-22)37(12-7-2)41(5,39)40/h10,14-15,17-18,20,23,26-27H,6-9,12-13,16,19,33H2,1-5H3,(H,34,38)/t20?,23?,26?,27-/m0/s1. The third-order valence-corrected chi connectivity index (χ3v) is 8.65. The molecule has 41 heavy (non-hydrogen) atoms. The van der Waals surface area contributed by atoms with Crippen molar-refractivity contribution < 1.29 is 22.0 Å². The van der Waals surface area contributed by atoms with Crippen molar-refractivity contribution in [1.29, 1.82) is 0 Å². The molecular formula is C30H43F2N5O3S. The second kappa shape index (κ2) is 14.2. The van der Waals surface area contributed by atoms with E-state index in [4.69, 9.17) is 5.73 Å². The van der Waals surface area contributed by atoms with Crippen LogP contribution in [0.4, 0.5) is 20.4 Å². The third-order valence-electron chi connectivity index (χ3n) is 7.48. The van der Waals surface area contributed by atoms with Crippen molar-refractivity contribution in [3.8, 4) is 0 Å². The highest BCUT2D eigenvalue weighted by Crippen LogP contribution is 2.38. The number of anilines is 2. The van der Waals surface area contributed by atoms with Crippen molar-refractivity contribution in [3.63, 3.8) is 0 Å². The Hall–Kier alpha value is -3.01. The molecule has 1 heterocycles. The summed E-state index contributed by atoms with van der Waals surface area (Å²) >= 11 is 0. The minimum absolute atomic E-state index is 0.0998. The number of sulfonamides is 1. The monoisotopic (exact) mass is 591 g/mol. The van der Waals surface area contributed by atoms with E-state index in [1.54, 1.807) is 6.07 Å². The SMILES string of the molecule is CCCCC(N)[C@H](CC1=CC(F)=C=CC(F)=C1)NC(=O)c1cc(N(C)CC2CC2C)nc(N(CCC)S(C)(=O)=O)c1. The van der Waals surface area contributed by atoms with Crippen LogP contribution in [0.5, 0.6) is 0 Å². The molecule has 3 N–H and O–H groups in total. The largest absolute Gasteiger partial charge is 0.359 e. The number of pyridine rings is 1. The number of nitrogens with one attached hydrogen (secondary N) is 1. The topological polar surface area (TPSA) is 109 Å². The molecule has 0 aromatic carbocycles. The van der Waals surface area contributed by atoms with Gasteiger partial charge in [-0.3, -0.25) is 9.10 Å². The Morgan fingerprint density at radius 3 is 2.51 bits per heavy atom. The summed E-state index contributed by atoms with van der Waals surface area (Å²) < 4.78 is 54.7. The molecule has 1 saturated carbocycles. The summed E-state index contributed by atoms with van der Waals surface area (Å²) in [6.07, 6.45) is 8.51. The number of unbranched alkanes of at least 4 members (excludes halogenated alkanes) is 1. The van der Waals surface area contributed by atoms with Gasteiger partial charge in [0.1, 0.15) is 17.5 Å². The van der Waals surface area contributed by atoms with E-state index in [9.17, 15) is 22.0 Å². The van der Waals surface area contributed by atoms with Crippen LogP contribution < -0.4 is 20.3 Å². The van der Waals surface area contributed by atoms with Crippen molar-refractivity contribution in [3.05, 3.63) is 58.9 Å². The van der Waals surface area contributed by atoms with Crippen molar-refractivity contribution in [2.45, 2.75) is 71.4 Å². The van der Waals surface area contributed by atoms with Gasteiger partial charge in [0.15, 0.2) is 5.83 Å². The maximum Gasteiger partial charge on any atom is 0.251 e. The number of rotatable bonds is 15. The lowest BCUT2D eigenvalue weighted by Crippen LogP contribution is -2.48. The number of hydrogen-bond donors (Lipinski definition) is 2. The lowest BCUT2D eigenvalue weighted by Gasteiger charge is -2.27. The molecular weight excluding hydrogens is 548 g/mol. The van der Waals surface area contributed by atoms with E-state index >= 15 is 0 Å². The Balaban J connectivity index is 1.97. The van der Waals surface area contributed by atoms with Crippen molar-refractivity contribution >= 4 is 27.6 Å². The van der Waals surface area contributed by atoms with E-state index in [0.717, 1.165) is 38.1 Å². The zero-order valence-corrected chi connectivity index (χ0v) is 25.5. The summed E-state index contributed by atoms with van der Waals surface area (Å²) in [5, 5.41) is 2.97. The normalized spacial score (nSPS) is 19.9. The molecule has 8 nitrogen and oxygen atoms in total. The van der Waals surface area contributed by atoms with Crippen LogP contribution in [0.1, 0.15) is 69.7 Å². The van der Waals surface area contributed by atoms with Gasteiger partial charge in [-0.2, -0.15) is 4.39 Å². The highest BCUT2D eigenvalue weighted by Gasteiger charge is 2.34. The second-order valence-electron chi connectivity index (χ2n) is 11.2. The first-order valence-corrected chi connectivity index (χ1v) is 16.1. The van der Waals surface area contributed by atoms with E-state index < -0.39 is 39.7 Å². The predicted octanol–water partition coefficient (Wildman–Crippen LogP) is 5.16. The molecule has 4 atom stereocenters. The number of allylic oxidation sites excluding steroid dienone is 4. The number of halogens is 2. The number of hydrogen-bond acceptors (Lipinski definition) is 6. The van der Waals surface area contributed by atoms with Gasteiger partial charge < -0.3 is 16.0 Å². The molecule has 1 fully saturated rings. The first-order valence-electron chi connectivity index (χ1n) is 14.3.